The molecule has 1 fully saturated rings. The molecule has 1 aliphatic carbocycles. The molecule has 0 unspecified atom stereocenters. The van der Waals surface area contributed by atoms with E-state index in [-0.39, 0.29) is 11.9 Å². The number of hydrogen-bond donors (Lipinski definition) is 1. The van der Waals surface area contributed by atoms with E-state index in [0.717, 1.165) is 30.9 Å². The Bertz CT molecular complexity index is 954. The molecular formula is C23H26N2O2S2. The van der Waals surface area contributed by atoms with Gasteiger partial charge in [0, 0.05) is 15.3 Å². The van der Waals surface area contributed by atoms with Gasteiger partial charge in [0.15, 0.2) is 5.76 Å². The third kappa shape index (κ3) is 3.81. The van der Waals surface area contributed by atoms with Crippen LogP contribution in [0.4, 0.5) is 5.00 Å². The molecule has 0 spiro atoms. The smallest absolute Gasteiger partial charge is 0.291 e. The minimum atomic E-state index is -0.154. The summed E-state index contributed by atoms with van der Waals surface area (Å²) in [4.78, 5) is 18.3. The lowest BCUT2D eigenvalue weighted by molar-refractivity contribution is 0.0996. The second kappa shape index (κ2) is 8.46. The molecule has 29 heavy (non-hydrogen) atoms. The minimum absolute atomic E-state index is 0.154. The van der Waals surface area contributed by atoms with Crippen molar-refractivity contribution in [2.45, 2.75) is 51.0 Å². The number of nitrogens with zero attached hydrogens (tertiary/aromatic N) is 1. The number of carbonyl (C=O) groups is 1. The van der Waals surface area contributed by atoms with Gasteiger partial charge in [0.1, 0.15) is 5.00 Å². The Morgan fingerprint density at radius 2 is 1.93 bits per heavy atom. The molecule has 152 valence electrons. The minimum Gasteiger partial charge on any atom is -0.459 e. The SMILES string of the molecule is O=C(Nc1sc2c(c1[C@@H](c1cccs1)N1CCCCC1)CCCC2)c1ccco1. The van der Waals surface area contributed by atoms with Crippen molar-refractivity contribution in [3.05, 3.63) is 62.6 Å². The number of piperidine rings is 1. The number of nitrogens with one attached hydrogen (secondary N) is 1. The van der Waals surface area contributed by atoms with Crippen LogP contribution in [0, 0.1) is 0 Å². The highest BCUT2D eigenvalue weighted by atomic mass is 32.1. The summed E-state index contributed by atoms with van der Waals surface area (Å²) in [5, 5.41) is 6.40. The maximum absolute atomic E-state index is 12.8. The highest BCUT2D eigenvalue weighted by Crippen LogP contribution is 2.46. The predicted molar refractivity (Wildman–Crippen MR) is 119 cm³/mol. The lowest BCUT2D eigenvalue weighted by atomic mass is 9.90. The number of rotatable bonds is 5. The summed E-state index contributed by atoms with van der Waals surface area (Å²) in [6.45, 7) is 2.25. The Balaban J connectivity index is 1.58. The number of furan rings is 1. The van der Waals surface area contributed by atoms with Gasteiger partial charge in [-0.25, -0.2) is 0 Å². The van der Waals surface area contributed by atoms with E-state index in [4.69, 9.17) is 4.42 Å². The van der Waals surface area contributed by atoms with Crippen LogP contribution in [-0.2, 0) is 12.8 Å². The monoisotopic (exact) mass is 426 g/mol. The zero-order valence-electron chi connectivity index (χ0n) is 16.5. The van der Waals surface area contributed by atoms with Crippen LogP contribution < -0.4 is 5.32 Å². The number of hydrogen-bond acceptors (Lipinski definition) is 5. The summed E-state index contributed by atoms with van der Waals surface area (Å²) in [6.07, 6.45) is 10.1. The molecule has 1 atom stereocenters. The quantitative estimate of drug-likeness (QED) is 0.535. The van der Waals surface area contributed by atoms with Gasteiger partial charge in [0.25, 0.3) is 5.91 Å². The fourth-order valence-electron chi connectivity index (χ4n) is 4.67. The third-order valence-corrected chi connectivity index (χ3v) is 8.17. The normalized spacial score (nSPS) is 18.3. The van der Waals surface area contributed by atoms with Crippen molar-refractivity contribution in [2.75, 3.05) is 18.4 Å². The Kier molecular flexibility index (Phi) is 5.57. The first-order valence-electron chi connectivity index (χ1n) is 10.6. The van der Waals surface area contributed by atoms with Gasteiger partial charge < -0.3 is 9.73 Å². The molecule has 3 aromatic heterocycles. The van der Waals surface area contributed by atoms with E-state index < -0.39 is 0 Å². The first kappa shape index (κ1) is 19.1. The van der Waals surface area contributed by atoms with Gasteiger partial charge in [0.2, 0.25) is 0 Å². The molecule has 5 rings (SSSR count). The molecule has 4 nitrogen and oxygen atoms in total. The van der Waals surface area contributed by atoms with Gasteiger partial charge >= 0.3 is 0 Å². The van der Waals surface area contributed by atoms with Crippen LogP contribution in [0.15, 0.2) is 40.3 Å². The Morgan fingerprint density at radius 3 is 2.69 bits per heavy atom. The topological polar surface area (TPSA) is 45.5 Å². The lowest BCUT2D eigenvalue weighted by Crippen LogP contribution is -2.34. The van der Waals surface area contributed by atoms with Gasteiger partial charge in [-0.1, -0.05) is 12.5 Å². The van der Waals surface area contributed by atoms with Crippen molar-refractivity contribution in [3.63, 3.8) is 0 Å². The van der Waals surface area contributed by atoms with Crippen LogP contribution in [0.1, 0.15) is 69.6 Å². The molecule has 0 saturated carbocycles. The average molecular weight is 427 g/mol. The van der Waals surface area contributed by atoms with Crippen LogP contribution in [0.2, 0.25) is 0 Å². The highest BCUT2D eigenvalue weighted by Gasteiger charge is 2.33. The second-order valence-corrected chi connectivity index (χ2v) is 9.98. The average Bonchev–Trinajstić information content (AvgIpc) is 3.52. The van der Waals surface area contributed by atoms with Crippen LogP contribution in [0.3, 0.4) is 0 Å². The maximum Gasteiger partial charge on any atom is 0.291 e. The molecule has 0 aromatic carbocycles. The summed E-state index contributed by atoms with van der Waals surface area (Å²) in [5.41, 5.74) is 2.83. The Labute approximate surface area is 179 Å². The summed E-state index contributed by atoms with van der Waals surface area (Å²) in [5.74, 6) is 0.214. The zero-order valence-corrected chi connectivity index (χ0v) is 18.1. The van der Waals surface area contributed by atoms with Gasteiger partial charge in [-0.3, -0.25) is 9.69 Å². The third-order valence-electron chi connectivity index (χ3n) is 6.03. The summed E-state index contributed by atoms with van der Waals surface area (Å²) in [6, 6.07) is 8.13. The zero-order chi connectivity index (χ0) is 19.6. The second-order valence-electron chi connectivity index (χ2n) is 7.90. The summed E-state index contributed by atoms with van der Waals surface area (Å²) >= 11 is 3.61. The number of carbonyl (C=O) groups excluding carboxylic acids is 1. The molecule has 1 saturated heterocycles. The van der Waals surface area contributed by atoms with E-state index in [2.05, 4.69) is 27.7 Å². The van der Waals surface area contributed by atoms with E-state index in [1.54, 1.807) is 29.7 Å². The molecule has 2 aliphatic rings. The van der Waals surface area contributed by atoms with Gasteiger partial charge in [-0.2, -0.15) is 0 Å². The lowest BCUT2D eigenvalue weighted by Gasteiger charge is -2.35. The maximum atomic E-state index is 12.8. The number of amides is 1. The molecule has 0 bridgehead atoms. The Morgan fingerprint density at radius 1 is 1.07 bits per heavy atom. The highest BCUT2D eigenvalue weighted by molar-refractivity contribution is 7.16. The number of fused-ring (bicyclic) bond motifs is 1. The van der Waals surface area contributed by atoms with Crippen LogP contribution in [-0.4, -0.2) is 23.9 Å². The molecule has 1 amide bonds. The van der Waals surface area contributed by atoms with Crippen molar-refractivity contribution >= 4 is 33.6 Å². The van der Waals surface area contributed by atoms with Gasteiger partial charge in [-0.15, -0.1) is 22.7 Å². The van der Waals surface area contributed by atoms with Crippen LogP contribution in [0.25, 0.3) is 0 Å². The van der Waals surface area contributed by atoms with Gasteiger partial charge in [-0.05, 0) is 80.8 Å². The van der Waals surface area contributed by atoms with E-state index >= 15 is 0 Å². The first-order chi connectivity index (χ1) is 14.3. The number of aryl methyl sites for hydroxylation is 1. The molecule has 0 radical (unpaired) electrons. The number of likely N-dealkylation sites (tertiary alicyclic amines) is 1. The van der Waals surface area contributed by atoms with Crippen molar-refractivity contribution in [1.82, 2.24) is 4.90 Å². The fraction of sp³-hybridized carbons (Fsp3) is 0.435. The van der Waals surface area contributed by atoms with E-state index in [1.165, 1.54) is 53.0 Å². The molecule has 1 aliphatic heterocycles. The first-order valence-corrected chi connectivity index (χ1v) is 12.3. The molecule has 4 heterocycles. The van der Waals surface area contributed by atoms with Crippen molar-refractivity contribution < 1.29 is 9.21 Å². The largest absolute Gasteiger partial charge is 0.459 e. The fourth-order valence-corrected chi connectivity index (χ4v) is 6.86. The van der Waals surface area contributed by atoms with Crippen LogP contribution in [0.5, 0.6) is 0 Å². The standard InChI is InChI=1S/C23H26N2O2S2/c26-22(17-9-6-14-27-17)24-23-20(16-8-2-3-10-18(16)29-23)21(19-11-7-15-28-19)25-12-4-1-5-13-25/h6-7,9,11,14-15,21H,1-5,8,10,12-13H2,(H,24,26)/t21-/m1/s1. The van der Waals surface area contributed by atoms with E-state index in [1.807, 2.05) is 11.3 Å². The summed E-state index contributed by atoms with van der Waals surface area (Å²) in [7, 11) is 0. The number of thiophene rings is 2. The predicted octanol–water partition coefficient (Wildman–Crippen LogP) is 6.11. The van der Waals surface area contributed by atoms with Crippen molar-refractivity contribution in [2.24, 2.45) is 0 Å². The van der Waals surface area contributed by atoms with E-state index in [9.17, 15) is 4.79 Å². The molecular weight excluding hydrogens is 400 g/mol. The Hall–Kier alpha value is -1.89. The number of anilines is 1. The van der Waals surface area contributed by atoms with Gasteiger partial charge in [0.05, 0.1) is 12.3 Å². The molecule has 3 aromatic rings. The van der Waals surface area contributed by atoms with E-state index in [0.29, 0.717) is 5.76 Å². The van der Waals surface area contributed by atoms with Crippen molar-refractivity contribution in [1.29, 1.82) is 0 Å². The van der Waals surface area contributed by atoms with Crippen LogP contribution >= 0.6 is 22.7 Å². The summed E-state index contributed by atoms with van der Waals surface area (Å²) < 4.78 is 5.34. The molecule has 1 N–H and O–H groups in total. The molecule has 6 heteroatoms. The van der Waals surface area contributed by atoms with Crippen molar-refractivity contribution in [3.8, 4) is 0 Å².